The Bertz CT molecular complexity index is 864. The SMILES string of the molecule is CCC(I)C1=CC(=C2C=C(C3CCCCC3)C(=O)C(C3CCCCC3)=C2)C=C(I)C1=O. The first-order valence-electron chi connectivity index (χ1n) is 12.0. The van der Waals surface area contributed by atoms with Crippen LogP contribution in [0.3, 0.4) is 0 Å². The molecule has 0 radical (unpaired) electrons. The number of carbonyl (C=O) groups excluding carboxylic acids is 2. The number of ketones is 2. The molecule has 2 nitrogen and oxygen atoms in total. The summed E-state index contributed by atoms with van der Waals surface area (Å²) in [5, 5.41) is 0. The maximum Gasteiger partial charge on any atom is 0.196 e. The van der Waals surface area contributed by atoms with Crippen LogP contribution in [-0.2, 0) is 9.59 Å². The monoisotopic (exact) mass is 642 g/mol. The Labute approximate surface area is 214 Å². The predicted molar refractivity (Wildman–Crippen MR) is 145 cm³/mol. The summed E-state index contributed by atoms with van der Waals surface area (Å²) in [5.41, 5.74) is 5.22. The Balaban J connectivity index is 1.81. The summed E-state index contributed by atoms with van der Waals surface area (Å²) < 4.78 is 0.998. The fourth-order valence-corrected chi connectivity index (χ4v) is 6.62. The molecule has 0 aromatic heterocycles. The molecule has 4 aliphatic carbocycles. The molecule has 0 aliphatic heterocycles. The molecule has 0 spiro atoms. The lowest BCUT2D eigenvalue weighted by Crippen LogP contribution is -2.25. The Hall–Kier alpha value is -0.500. The van der Waals surface area contributed by atoms with E-state index in [1.807, 2.05) is 6.08 Å². The lowest BCUT2D eigenvalue weighted by molar-refractivity contribution is -0.113. The standard InChI is InChI=1S/C27H32I2O2/c1-2-24(28)23-15-20(16-25(29)27(23)31)19-13-21(17-9-5-3-6-10-17)26(30)22(14-19)18-11-7-4-8-12-18/h13-18,24H,2-12H2,1H3. The minimum Gasteiger partial charge on any atom is -0.289 e. The molecule has 0 amide bonds. The normalized spacial score (nSPS) is 25.1. The van der Waals surface area contributed by atoms with E-state index in [0.717, 1.165) is 63.5 Å². The topological polar surface area (TPSA) is 34.1 Å². The smallest absolute Gasteiger partial charge is 0.196 e. The Morgan fingerprint density at radius 1 is 0.774 bits per heavy atom. The van der Waals surface area contributed by atoms with Crippen molar-refractivity contribution in [2.45, 2.75) is 81.5 Å². The quantitative estimate of drug-likeness (QED) is 0.231. The molecular formula is C27H32I2O2. The highest BCUT2D eigenvalue weighted by Crippen LogP contribution is 2.41. The van der Waals surface area contributed by atoms with Crippen molar-refractivity contribution >= 4 is 56.7 Å². The molecule has 4 aliphatic rings. The van der Waals surface area contributed by atoms with Gasteiger partial charge < -0.3 is 0 Å². The van der Waals surface area contributed by atoms with E-state index < -0.39 is 0 Å². The largest absolute Gasteiger partial charge is 0.289 e. The number of hydrogen-bond donors (Lipinski definition) is 0. The molecule has 0 heterocycles. The van der Waals surface area contributed by atoms with Crippen molar-refractivity contribution in [3.05, 3.63) is 55.7 Å². The fraction of sp³-hybridized carbons (Fsp3) is 0.556. The van der Waals surface area contributed by atoms with Crippen molar-refractivity contribution in [2.24, 2.45) is 11.8 Å². The third-order valence-corrected chi connectivity index (χ3v) is 9.69. The summed E-state index contributed by atoms with van der Waals surface area (Å²) in [7, 11) is 0. The first-order valence-corrected chi connectivity index (χ1v) is 14.3. The van der Waals surface area contributed by atoms with Gasteiger partial charge in [0.2, 0.25) is 0 Å². The average molecular weight is 642 g/mol. The van der Waals surface area contributed by atoms with Crippen LogP contribution < -0.4 is 0 Å². The van der Waals surface area contributed by atoms with Crippen LogP contribution in [0.15, 0.2) is 55.7 Å². The molecule has 2 saturated carbocycles. The summed E-state index contributed by atoms with van der Waals surface area (Å²) in [4.78, 5) is 26.4. The molecule has 1 atom stereocenters. The zero-order valence-corrected chi connectivity index (χ0v) is 22.7. The summed E-state index contributed by atoms with van der Waals surface area (Å²) in [6, 6.07) is 0. The highest BCUT2D eigenvalue weighted by Gasteiger charge is 2.33. The molecule has 2 fully saturated rings. The average Bonchev–Trinajstić information content (AvgIpc) is 2.81. The van der Waals surface area contributed by atoms with Gasteiger partial charge in [-0.1, -0.05) is 68.0 Å². The van der Waals surface area contributed by atoms with Crippen LogP contribution in [0, 0.1) is 11.8 Å². The van der Waals surface area contributed by atoms with Gasteiger partial charge in [-0.15, -0.1) is 0 Å². The van der Waals surface area contributed by atoms with Crippen LogP contribution in [0.1, 0.15) is 77.6 Å². The zero-order valence-electron chi connectivity index (χ0n) is 18.4. The van der Waals surface area contributed by atoms with Gasteiger partial charge in [-0.2, -0.15) is 0 Å². The third-order valence-electron chi connectivity index (χ3n) is 7.34. The van der Waals surface area contributed by atoms with Crippen LogP contribution in [-0.4, -0.2) is 15.5 Å². The molecule has 0 N–H and O–H groups in total. The lowest BCUT2D eigenvalue weighted by Gasteiger charge is -2.31. The predicted octanol–water partition coefficient (Wildman–Crippen LogP) is 7.92. The van der Waals surface area contributed by atoms with E-state index in [1.165, 1.54) is 38.5 Å². The fourth-order valence-electron chi connectivity index (χ4n) is 5.51. The first kappa shape index (κ1) is 23.7. The summed E-state index contributed by atoms with van der Waals surface area (Å²) in [6.45, 7) is 2.13. The summed E-state index contributed by atoms with van der Waals surface area (Å²) >= 11 is 4.57. The third kappa shape index (κ3) is 5.20. The number of rotatable bonds is 4. The second-order valence-electron chi connectivity index (χ2n) is 9.41. The minimum absolute atomic E-state index is 0.158. The van der Waals surface area contributed by atoms with Gasteiger partial charge in [0.05, 0.1) is 3.58 Å². The Morgan fingerprint density at radius 2 is 1.26 bits per heavy atom. The van der Waals surface area contributed by atoms with Crippen LogP contribution in [0.4, 0.5) is 0 Å². The van der Waals surface area contributed by atoms with Gasteiger partial charge in [0.15, 0.2) is 11.6 Å². The van der Waals surface area contributed by atoms with Gasteiger partial charge in [-0.25, -0.2) is 0 Å². The van der Waals surface area contributed by atoms with Crippen molar-refractivity contribution in [1.82, 2.24) is 0 Å². The lowest BCUT2D eigenvalue weighted by atomic mass is 9.72. The van der Waals surface area contributed by atoms with Crippen LogP contribution in [0.2, 0.25) is 0 Å². The highest BCUT2D eigenvalue weighted by atomic mass is 127. The molecule has 0 aromatic rings. The van der Waals surface area contributed by atoms with Crippen LogP contribution in [0.5, 0.6) is 0 Å². The second-order valence-corrected chi connectivity index (χ2v) is 12.1. The van der Waals surface area contributed by atoms with E-state index >= 15 is 0 Å². The van der Waals surface area contributed by atoms with Gasteiger partial charge in [0, 0.05) is 20.6 Å². The number of Topliss-reactive ketones (excluding diaryl/α,β-unsaturated/α-hetero) is 2. The molecule has 4 rings (SSSR count). The van der Waals surface area contributed by atoms with Gasteiger partial charge in [0.1, 0.15) is 0 Å². The maximum absolute atomic E-state index is 13.6. The zero-order chi connectivity index (χ0) is 22.0. The van der Waals surface area contributed by atoms with Crippen molar-refractivity contribution in [2.75, 3.05) is 0 Å². The molecule has 1 unspecified atom stereocenters. The molecular weight excluding hydrogens is 610 g/mol. The second kappa shape index (κ2) is 10.6. The van der Waals surface area contributed by atoms with E-state index in [-0.39, 0.29) is 9.71 Å². The molecule has 0 aromatic carbocycles. The van der Waals surface area contributed by atoms with Crippen LogP contribution in [0.25, 0.3) is 0 Å². The molecule has 4 heteroatoms. The maximum atomic E-state index is 13.6. The molecule has 0 bridgehead atoms. The van der Waals surface area contributed by atoms with Crippen molar-refractivity contribution in [3.8, 4) is 0 Å². The van der Waals surface area contributed by atoms with Crippen molar-refractivity contribution < 1.29 is 9.59 Å². The summed E-state index contributed by atoms with van der Waals surface area (Å²) in [5.74, 6) is 1.27. The van der Waals surface area contributed by atoms with Gasteiger partial charge in [-0.05, 0) is 102 Å². The molecule has 31 heavy (non-hydrogen) atoms. The minimum atomic E-state index is 0.158. The highest BCUT2D eigenvalue weighted by molar-refractivity contribution is 14.1. The number of hydrogen-bond acceptors (Lipinski definition) is 2. The molecule has 166 valence electrons. The van der Waals surface area contributed by atoms with Crippen molar-refractivity contribution in [3.63, 3.8) is 0 Å². The van der Waals surface area contributed by atoms with Gasteiger partial charge >= 0.3 is 0 Å². The molecule has 0 saturated heterocycles. The number of carbonyl (C=O) groups is 2. The Kier molecular flexibility index (Phi) is 8.10. The summed E-state index contributed by atoms with van der Waals surface area (Å²) in [6.07, 6.45) is 21.5. The first-order chi connectivity index (χ1) is 15.0. The van der Waals surface area contributed by atoms with E-state index in [2.05, 4.69) is 70.3 Å². The van der Waals surface area contributed by atoms with Crippen molar-refractivity contribution in [1.29, 1.82) is 0 Å². The van der Waals surface area contributed by atoms with E-state index in [1.54, 1.807) is 0 Å². The van der Waals surface area contributed by atoms with E-state index in [9.17, 15) is 9.59 Å². The van der Waals surface area contributed by atoms with Gasteiger partial charge in [-0.3, -0.25) is 9.59 Å². The van der Waals surface area contributed by atoms with Gasteiger partial charge in [0.25, 0.3) is 0 Å². The number of alkyl halides is 1. The number of allylic oxidation sites excluding steroid dienone is 10. The van der Waals surface area contributed by atoms with E-state index in [4.69, 9.17) is 0 Å². The Morgan fingerprint density at radius 3 is 1.74 bits per heavy atom. The van der Waals surface area contributed by atoms with Crippen LogP contribution >= 0.6 is 45.2 Å². The number of halogens is 2. The van der Waals surface area contributed by atoms with E-state index in [0.29, 0.717) is 17.6 Å².